The van der Waals surface area contributed by atoms with Crippen LogP contribution in [0, 0.1) is 6.92 Å². The van der Waals surface area contributed by atoms with Crippen molar-refractivity contribution in [2.45, 2.75) is 19.4 Å². The lowest BCUT2D eigenvalue weighted by molar-refractivity contribution is 0.0939. The van der Waals surface area contributed by atoms with Gasteiger partial charge < -0.3 is 15.4 Å². The highest BCUT2D eigenvalue weighted by atomic mass is 16.5. The van der Waals surface area contributed by atoms with Crippen LogP contribution in [-0.4, -0.2) is 32.1 Å². The van der Waals surface area contributed by atoms with E-state index in [0.717, 1.165) is 30.8 Å². The predicted molar refractivity (Wildman–Crippen MR) is 66.5 cm³/mol. The van der Waals surface area contributed by atoms with Gasteiger partial charge >= 0.3 is 0 Å². The monoisotopic (exact) mass is 234 g/mol. The maximum absolute atomic E-state index is 12.0. The first kappa shape index (κ1) is 11.9. The van der Waals surface area contributed by atoms with Gasteiger partial charge in [0.05, 0.1) is 7.11 Å². The Morgan fingerprint density at radius 3 is 3.00 bits per heavy atom. The van der Waals surface area contributed by atoms with Crippen molar-refractivity contribution >= 4 is 5.91 Å². The first-order chi connectivity index (χ1) is 8.20. The fourth-order valence-corrected chi connectivity index (χ4v) is 2.01. The van der Waals surface area contributed by atoms with Crippen molar-refractivity contribution in [3.63, 3.8) is 0 Å². The van der Waals surface area contributed by atoms with Crippen LogP contribution < -0.4 is 15.4 Å². The van der Waals surface area contributed by atoms with Crippen molar-refractivity contribution in [2.75, 3.05) is 20.2 Å². The minimum atomic E-state index is -0.0306. The molecule has 92 valence electrons. The van der Waals surface area contributed by atoms with Gasteiger partial charge in [-0.05, 0) is 37.6 Å². The molecule has 4 nitrogen and oxygen atoms in total. The predicted octanol–water partition coefficient (Wildman–Crippen LogP) is 1.10. The summed E-state index contributed by atoms with van der Waals surface area (Å²) in [5, 5.41) is 6.23. The van der Waals surface area contributed by atoms with Crippen LogP contribution in [0.5, 0.6) is 5.75 Å². The van der Waals surface area contributed by atoms with Crippen molar-refractivity contribution in [3.8, 4) is 5.75 Å². The van der Waals surface area contributed by atoms with Crippen molar-refractivity contribution < 1.29 is 9.53 Å². The number of carbonyl (C=O) groups is 1. The minimum absolute atomic E-state index is 0.0306. The molecule has 0 radical (unpaired) electrons. The Hall–Kier alpha value is -1.55. The maximum atomic E-state index is 12.0. The van der Waals surface area contributed by atoms with Crippen LogP contribution >= 0.6 is 0 Å². The van der Waals surface area contributed by atoms with E-state index in [1.165, 1.54) is 0 Å². The van der Waals surface area contributed by atoms with Crippen molar-refractivity contribution in [2.24, 2.45) is 0 Å². The Labute approximate surface area is 101 Å². The Morgan fingerprint density at radius 1 is 1.53 bits per heavy atom. The Bertz CT molecular complexity index is 412. The molecule has 1 amide bonds. The second kappa shape index (κ2) is 5.19. The lowest BCUT2D eigenvalue weighted by Gasteiger charge is -2.12. The third-order valence-electron chi connectivity index (χ3n) is 3.07. The molecule has 0 bridgehead atoms. The molecule has 2 rings (SSSR count). The van der Waals surface area contributed by atoms with Gasteiger partial charge in [-0.3, -0.25) is 4.79 Å². The molecule has 1 aromatic rings. The zero-order chi connectivity index (χ0) is 12.3. The maximum Gasteiger partial charge on any atom is 0.251 e. The number of ether oxygens (including phenoxy) is 1. The number of aryl methyl sites for hydroxylation is 1. The average Bonchev–Trinajstić information content (AvgIpc) is 2.82. The van der Waals surface area contributed by atoms with Crippen LogP contribution in [0.15, 0.2) is 18.2 Å². The second-order valence-corrected chi connectivity index (χ2v) is 4.35. The minimum Gasteiger partial charge on any atom is -0.496 e. The fourth-order valence-electron chi connectivity index (χ4n) is 2.01. The SMILES string of the molecule is COc1cc(C(=O)N[C@H]2CCNC2)ccc1C. The van der Waals surface area contributed by atoms with Gasteiger partial charge in [0, 0.05) is 18.2 Å². The summed E-state index contributed by atoms with van der Waals surface area (Å²) in [5.41, 5.74) is 1.69. The second-order valence-electron chi connectivity index (χ2n) is 4.35. The number of nitrogens with one attached hydrogen (secondary N) is 2. The van der Waals surface area contributed by atoms with E-state index < -0.39 is 0 Å². The zero-order valence-corrected chi connectivity index (χ0v) is 10.2. The highest BCUT2D eigenvalue weighted by Crippen LogP contribution is 2.19. The van der Waals surface area contributed by atoms with Gasteiger partial charge in [-0.2, -0.15) is 0 Å². The van der Waals surface area contributed by atoms with Gasteiger partial charge in [0.1, 0.15) is 5.75 Å². The van der Waals surface area contributed by atoms with E-state index in [9.17, 15) is 4.79 Å². The van der Waals surface area contributed by atoms with Gasteiger partial charge in [-0.25, -0.2) is 0 Å². The van der Waals surface area contributed by atoms with Gasteiger partial charge in [0.25, 0.3) is 5.91 Å². The number of carbonyl (C=O) groups excluding carboxylic acids is 1. The molecule has 0 aliphatic carbocycles. The molecule has 1 heterocycles. The van der Waals surface area contributed by atoms with E-state index in [0.29, 0.717) is 5.56 Å². The molecule has 0 spiro atoms. The molecule has 1 aromatic carbocycles. The number of methoxy groups -OCH3 is 1. The molecular formula is C13H18N2O2. The fraction of sp³-hybridized carbons (Fsp3) is 0.462. The number of hydrogen-bond donors (Lipinski definition) is 2. The van der Waals surface area contributed by atoms with E-state index >= 15 is 0 Å². The summed E-state index contributed by atoms with van der Waals surface area (Å²) in [6, 6.07) is 5.76. The summed E-state index contributed by atoms with van der Waals surface area (Å²) in [4.78, 5) is 12.0. The van der Waals surface area contributed by atoms with Crippen LogP contribution in [0.2, 0.25) is 0 Å². The smallest absolute Gasteiger partial charge is 0.251 e. The Morgan fingerprint density at radius 2 is 2.35 bits per heavy atom. The van der Waals surface area contributed by atoms with Gasteiger partial charge in [0.2, 0.25) is 0 Å². The van der Waals surface area contributed by atoms with Crippen molar-refractivity contribution in [1.29, 1.82) is 0 Å². The molecule has 2 N–H and O–H groups in total. The summed E-state index contributed by atoms with van der Waals surface area (Å²) in [6.07, 6.45) is 0.995. The molecule has 1 aliphatic rings. The lowest BCUT2D eigenvalue weighted by Crippen LogP contribution is -2.36. The Balaban J connectivity index is 2.07. The normalized spacial score (nSPS) is 19.1. The van der Waals surface area contributed by atoms with Crippen LogP contribution in [0.25, 0.3) is 0 Å². The van der Waals surface area contributed by atoms with Crippen LogP contribution in [0.3, 0.4) is 0 Å². The quantitative estimate of drug-likeness (QED) is 0.823. The number of amides is 1. The van der Waals surface area contributed by atoms with Crippen LogP contribution in [-0.2, 0) is 0 Å². The van der Waals surface area contributed by atoms with E-state index in [2.05, 4.69) is 10.6 Å². The molecule has 1 aliphatic heterocycles. The number of hydrogen-bond acceptors (Lipinski definition) is 3. The first-order valence-electron chi connectivity index (χ1n) is 5.87. The largest absolute Gasteiger partial charge is 0.496 e. The molecule has 1 atom stereocenters. The molecule has 1 saturated heterocycles. The molecule has 0 saturated carbocycles. The molecule has 0 unspecified atom stereocenters. The van der Waals surface area contributed by atoms with E-state index in [1.807, 2.05) is 19.1 Å². The standard InChI is InChI=1S/C13H18N2O2/c1-9-3-4-10(7-12(9)17-2)13(16)15-11-5-6-14-8-11/h3-4,7,11,14H,5-6,8H2,1-2H3,(H,15,16)/t11-/m0/s1. The van der Waals surface area contributed by atoms with E-state index in [4.69, 9.17) is 4.74 Å². The highest BCUT2D eigenvalue weighted by Gasteiger charge is 2.17. The van der Waals surface area contributed by atoms with E-state index in [-0.39, 0.29) is 11.9 Å². The summed E-state index contributed by atoms with van der Waals surface area (Å²) < 4.78 is 5.21. The zero-order valence-electron chi connectivity index (χ0n) is 10.2. The highest BCUT2D eigenvalue weighted by molar-refractivity contribution is 5.94. The van der Waals surface area contributed by atoms with Crippen molar-refractivity contribution in [1.82, 2.24) is 10.6 Å². The topological polar surface area (TPSA) is 50.4 Å². The molecule has 17 heavy (non-hydrogen) atoms. The van der Waals surface area contributed by atoms with Crippen LogP contribution in [0.4, 0.5) is 0 Å². The van der Waals surface area contributed by atoms with Crippen LogP contribution in [0.1, 0.15) is 22.3 Å². The first-order valence-corrected chi connectivity index (χ1v) is 5.87. The summed E-state index contributed by atoms with van der Waals surface area (Å²) in [6.45, 7) is 3.79. The van der Waals surface area contributed by atoms with E-state index in [1.54, 1.807) is 13.2 Å². The molecule has 0 aromatic heterocycles. The van der Waals surface area contributed by atoms with Gasteiger partial charge in [-0.1, -0.05) is 6.07 Å². The number of benzene rings is 1. The lowest BCUT2D eigenvalue weighted by atomic mass is 10.1. The van der Waals surface area contributed by atoms with Crippen molar-refractivity contribution in [3.05, 3.63) is 29.3 Å². The third kappa shape index (κ3) is 2.77. The molecule has 4 heteroatoms. The van der Waals surface area contributed by atoms with Gasteiger partial charge in [0.15, 0.2) is 0 Å². The Kier molecular flexibility index (Phi) is 3.64. The van der Waals surface area contributed by atoms with Gasteiger partial charge in [-0.15, -0.1) is 0 Å². The summed E-state index contributed by atoms with van der Waals surface area (Å²) in [5.74, 6) is 0.721. The summed E-state index contributed by atoms with van der Waals surface area (Å²) >= 11 is 0. The third-order valence-corrected chi connectivity index (χ3v) is 3.07. The number of rotatable bonds is 3. The molecular weight excluding hydrogens is 216 g/mol. The average molecular weight is 234 g/mol. The summed E-state index contributed by atoms with van der Waals surface area (Å²) in [7, 11) is 1.62. The molecule has 1 fully saturated rings.